The Morgan fingerprint density at radius 3 is 2.64 bits per heavy atom. The van der Waals surface area contributed by atoms with Gasteiger partial charge in [-0.2, -0.15) is 0 Å². The largest absolute Gasteiger partial charge is 0.385 e. The van der Waals surface area contributed by atoms with E-state index in [2.05, 4.69) is 0 Å². The minimum absolute atomic E-state index is 0.695. The van der Waals surface area contributed by atoms with Gasteiger partial charge in [0.1, 0.15) is 0 Å². The van der Waals surface area contributed by atoms with Crippen molar-refractivity contribution in [1.29, 1.82) is 5.41 Å². The minimum atomic E-state index is 0.695. The second kappa shape index (κ2) is 6.16. The zero-order valence-electron chi connectivity index (χ0n) is 7.68. The molecular formula is C8H18N2O. The number of hydrogen-bond donors (Lipinski definition) is 1. The van der Waals surface area contributed by atoms with E-state index in [0.29, 0.717) is 5.84 Å². The van der Waals surface area contributed by atoms with Crippen molar-refractivity contribution >= 4 is 5.84 Å². The molecule has 0 amide bonds. The van der Waals surface area contributed by atoms with Crippen LogP contribution in [0.4, 0.5) is 0 Å². The van der Waals surface area contributed by atoms with E-state index in [-0.39, 0.29) is 0 Å². The van der Waals surface area contributed by atoms with Gasteiger partial charge in [-0.3, -0.25) is 5.41 Å². The molecule has 0 aliphatic heterocycles. The zero-order chi connectivity index (χ0) is 8.69. The molecule has 11 heavy (non-hydrogen) atoms. The first-order valence-corrected chi connectivity index (χ1v) is 3.99. The van der Waals surface area contributed by atoms with Gasteiger partial charge in [0.05, 0.1) is 5.84 Å². The normalized spacial score (nSPS) is 9.73. The van der Waals surface area contributed by atoms with Gasteiger partial charge in [-0.25, -0.2) is 0 Å². The van der Waals surface area contributed by atoms with Crippen LogP contribution < -0.4 is 0 Å². The first-order chi connectivity index (χ1) is 5.22. The van der Waals surface area contributed by atoms with Crippen molar-refractivity contribution in [3.05, 3.63) is 0 Å². The highest BCUT2D eigenvalue weighted by molar-refractivity contribution is 5.78. The Bertz CT molecular complexity index is 115. The summed E-state index contributed by atoms with van der Waals surface area (Å²) in [5.41, 5.74) is 0. The van der Waals surface area contributed by atoms with Crippen molar-refractivity contribution in [2.75, 3.05) is 27.3 Å². The van der Waals surface area contributed by atoms with Crippen LogP contribution in [0.1, 0.15) is 19.8 Å². The monoisotopic (exact) mass is 158 g/mol. The third-order valence-corrected chi connectivity index (χ3v) is 1.64. The van der Waals surface area contributed by atoms with Gasteiger partial charge in [0.2, 0.25) is 0 Å². The van der Waals surface area contributed by atoms with Gasteiger partial charge in [-0.15, -0.1) is 0 Å². The third kappa shape index (κ3) is 4.79. The summed E-state index contributed by atoms with van der Waals surface area (Å²) < 4.78 is 4.91. The van der Waals surface area contributed by atoms with E-state index < -0.39 is 0 Å². The van der Waals surface area contributed by atoms with E-state index in [0.717, 1.165) is 26.0 Å². The Kier molecular flexibility index (Phi) is 5.84. The van der Waals surface area contributed by atoms with Crippen LogP contribution in [0.3, 0.4) is 0 Å². The molecule has 0 saturated carbocycles. The summed E-state index contributed by atoms with van der Waals surface area (Å²) >= 11 is 0. The van der Waals surface area contributed by atoms with Crippen LogP contribution in [0.5, 0.6) is 0 Å². The van der Waals surface area contributed by atoms with Crippen molar-refractivity contribution in [2.24, 2.45) is 0 Å². The summed E-state index contributed by atoms with van der Waals surface area (Å²) in [5, 5.41) is 7.46. The Hall–Kier alpha value is -0.570. The molecule has 0 radical (unpaired) electrons. The standard InChI is InChI=1S/C8H18N2O/c1-4-8(9)10(2)6-5-7-11-3/h9H,4-7H2,1-3H3. The maximum atomic E-state index is 7.46. The minimum Gasteiger partial charge on any atom is -0.385 e. The Labute approximate surface area is 68.9 Å². The topological polar surface area (TPSA) is 36.3 Å². The van der Waals surface area contributed by atoms with Gasteiger partial charge < -0.3 is 9.64 Å². The molecule has 0 aliphatic carbocycles. The van der Waals surface area contributed by atoms with E-state index in [1.165, 1.54) is 0 Å². The summed E-state index contributed by atoms with van der Waals surface area (Å²) in [4.78, 5) is 1.96. The molecule has 0 heterocycles. The lowest BCUT2D eigenvalue weighted by Gasteiger charge is -2.18. The number of methoxy groups -OCH3 is 1. The summed E-state index contributed by atoms with van der Waals surface area (Å²) in [6.45, 7) is 3.69. The fourth-order valence-corrected chi connectivity index (χ4v) is 0.851. The quantitative estimate of drug-likeness (QED) is 0.372. The number of amidine groups is 1. The number of rotatable bonds is 5. The summed E-state index contributed by atoms with van der Waals surface area (Å²) in [6, 6.07) is 0. The Morgan fingerprint density at radius 2 is 2.18 bits per heavy atom. The van der Waals surface area contributed by atoms with Gasteiger partial charge in [0.25, 0.3) is 0 Å². The molecule has 1 N–H and O–H groups in total. The lowest BCUT2D eigenvalue weighted by atomic mass is 10.3. The molecule has 0 unspecified atom stereocenters. The van der Waals surface area contributed by atoms with Crippen LogP contribution in [0, 0.1) is 5.41 Å². The van der Waals surface area contributed by atoms with Crippen molar-refractivity contribution in [1.82, 2.24) is 4.90 Å². The Morgan fingerprint density at radius 1 is 1.55 bits per heavy atom. The molecule has 3 heteroatoms. The lowest BCUT2D eigenvalue weighted by Crippen LogP contribution is -2.26. The fraction of sp³-hybridized carbons (Fsp3) is 0.875. The van der Waals surface area contributed by atoms with Crippen LogP contribution in [0.25, 0.3) is 0 Å². The van der Waals surface area contributed by atoms with Crippen LogP contribution in [-0.4, -0.2) is 38.0 Å². The molecule has 0 fully saturated rings. The number of nitrogens with zero attached hydrogens (tertiary/aromatic N) is 1. The maximum absolute atomic E-state index is 7.46. The van der Waals surface area contributed by atoms with E-state index >= 15 is 0 Å². The van der Waals surface area contributed by atoms with Gasteiger partial charge in [-0.1, -0.05) is 6.92 Å². The first-order valence-electron chi connectivity index (χ1n) is 3.99. The van der Waals surface area contributed by atoms with Crippen LogP contribution in [-0.2, 0) is 4.74 Å². The molecule has 0 spiro atoms. The predicted molar refractivity (Wildman–Crippen MR) is 47.1 cm³/mol. The average molecular weight is 158 g/mol. The van der Waals surface area contributed by atoms with Gasteiger partial charge in [0.15, 0.2) is 0 Å². The number of ether oxygens (including phenoxy) is 1. The molecule has 0 atom stereocenters. The molecule has 0 bridgehead atoms. The highest BCUT2D eigenvalue weighted by Gasteiger charge is 1.99. The SMILES string of the molecule is CCC(=N)N(C)CCCOC. The molecule has 0 aromatic carbocycles. The lowest BCUT2D eigenvalue weighted by molar-refractivity contribution is 0.188. The second-order valence-electron chi connectivity index (χ2n) is 2.57. The number of hydrogen-bond acceptors (Lipinski definition) is 2. The van der Waals surface area contributed by atoms with Crippen molar-refractivity contribution in [3.8, 4) is 0 Å². The average Bonchev–Trinajstić information content (AvgIpc) is 2.03. The molecule has 66 valence electrons. The molecule has 0 aliphatic rings. The van der Waals surface area contributed by atoms with E-state index in [1.54, 1.807) is 7.11 Å². The van der Waals surface area contributed by atoms with E-state index in [9.17, 15) is 0 Å². The van der Waals surface area contributed by atoms with Crippen molar-refractivity contribution in [2.45, 2.75) is 19.8 Å². The van der Waals surface area contributed by atoms with Gasteiger partial charge in [-0.05, 0) is 6.42 Å². The summed E-state index contributed by atoms with van der Waals surface area (Å²) in [6.07, 6.45) is 1.80. The van der Waals surface area contributed by atoms with Gasteiger partial charge in [0, 0.05) is 33.7 Å². The second-order valence-corrected chi connectivity index (χ2v) is 2.57. The van der Waals surface area contributed by atoms with Crippen molar-refractivity contribution < 1.29 is 4.74 Å². The van der Waals surface area contributed by atoms with Crippen LogP contribution >= 0.6 is 0 Å². The van der Waals surface area contributed by atoms with Crippen LogP contribution in [0.2, 0.25) is 0 Å². The molecule has 3 nitrogen and oxygen atoms in total. The summed E-state index contributed by atoms with van der Waals surface area (Å²) in [7, 11) is 3.65. The Balaban J connectivity index is 3.36. The first kappa shape index (κ1) is 10.4. The molecule has 0 rings (SSSR count). The zero-order valence-corrected chi connectivity index (χ0v) is 7.68. The molecule has 0 aromatic heterocycles. The maximum Gasteiger partial charge on any atom is 0.0952 e. The molecule has 0 saturated heterocycles. The summed E-state index contributed by atoms with van der Waals surface area (Å²) in [5.74, 6) is 0.695. The van der Waals surface area contributed by atoms with Crippen LogP contribution in [0.15, 0.2) is 0 Å². The fourth-order valence-electron chi connectivity index (χ4n) is 0.851. The third-order valence-electron chi connectivity index (χ3n) is 1.64. The number of nitrogens with one attached hydrogen (secondary N) is 1. The molecule has 0 aromatic rings. The van der Waals surface area contributed by atoms with E-state index in [4.69, 9.17) is 10.1 Å². The van der Waals surface area contributed by atoms with Gasteiger partial charge >= 0.3 is 0 Å². The smallest absolute Gasteiger partial charge is 0.0952 e. The predicted octanol–water partition coefficient (Wildman–Crippen LogP) is 1.34. The highest BCUT2D eigenvalue weighted by atomic mass is 16.5. The highest BCUT2D eigenvalue weighted by Crippen LogP contribution is 1.92. The van der Waals surface area contributed by atoms with Crippen molar-refractivity contribution in [3.63, 3.8) is 0 Å². The molecular weight excluding hydrogens is 140 g/mol. The van der Waals surface area contributed by atoms with E-state index in [1.807, 2.05) is 18.9 Å².